The molecule has 1 heterocycles. The minimum atomic E-state index is 0.108. The van der Waals surface area contributed by atoms with E-state index in [0.717, 1.165) is 0 Å². The molecule has 0 saturated heterocycles. The first-order chi connectivity index (χ1) is 6.68. The molecule has 0 aliphatic carbocycles. The second-order valence-electron chi connectivity index (χ2n) is 2.90. The first-order valence-corrected chi connectivity index (χ1v) is 3.99. The third-order valence-corrected chi connectivity index (χ3v) is 1.88. The SMILES string of the molecule is Cn1nnnc1-c1cc(N)ccc1O. The van der Waals surface area contributed by atoms with E-state index in [1.165, 1.54) is 10.7 Å². The molecule has 14 heavy (non-hydrogen) atoms. The molecule has 2 aromatic rings. The normalized spacial score (nSPS) is 10.4. The Labute approximate surface area is 80.0 Å². The highest BCUT2D eigenvalue weighted by molar-refractivity contribution is 5.68. The number of rotatable bonds is 1. The molecule has 6 nitrogen and oxygen atoms in total. The molecule has 0 saturated carbocycles. The van der Waals surface area contributed by atoms with Gasteiger partial charge in [0.25, 0.3) is 0 Å². The van der Waals surface area contributed by atoms with Crippen molar-refractivity contribution in [1.29, 1.82) is 0 Å². The largest absolute Gasteiger partial charge is 0.507 e. The molecule has 0 spiro atoms. The number of tetrazole rings is 1. The summed E-state index contributed by atoms with van der Waals surface area (Å²) in [5.41, 5.74) is 6.68. The first kappa shape index (κ1) is 8.49. The van der Waals surface area contributed by atoms with E-state index < -0.39 is 0 Å². The van der Waals surface area contributed by atoms with Crippen molar-refractivity contribution in [3.05, 3.63) is 18.2 Å². The Morgan fingerprint density at radius 3 is 2.86 bits per heavy atom. The van der Waals surface area contributed by atoms with Gasteiger partial charge in [0, 0.05) is 12.7 Å². The van der Waals surface area contributed by atoms with Crippen LogP contribution in [0.2, 0.25) is 0 Å². The lowest BCUT2D eigenvalue weighted by Gasteiger charge is -2.03. The Hall–Kier alpha value is -2.11. The molecule has 0 radical (unpaired) electrons. The Morgan fingerprint density at radius 2 is 2.21 bits per heavy atom. The molecule has 0 aliphatic rings. The van der Waals surface area contributed by atoms with Crippen molar-refractivity contribution in [3.63, 3.8) is 0 Å². The predicted molar refractivity (Wildman–Crippen MR) is 50.3 cm³/mol. The Balaban J connectivity index is 2.62. The molecule has 72 valence electrons. The zero-order chi connectivity index (χ0) is 10.1. The standard InChI is InChI=1S/C8H9N5O/c1-13-8(10-11-12-13)6-4-5(9)2-3-7(6)14/h2-4,14H,9H2,1H3. The lowest BCUT2D eigenvalue weighted by atomic mass is 10.1. The van der Waals surface area contributed by atoms with Gasteiger partial charge in [-0.25, -0.2) is 4.68 Å². The lowest BCUT2D eigenvalue weighted by molar-refractivity contribution is 0.476. The number of benzene rings is 1. The van der Waals surface area contributed by atoms with E-state index in [1.54, 1.807) is 19.2 Å². The average Bonchev–Trinajstić information content (AvgIpc) is 2.56. The van der Waals surface area contributed by atoms with Gasteiger partial charge in [0.15, 0.2) is 5.82 Å². The van der Waals surface area contributed by atoms with Gasteiger partial charge in [-0.05, 0) is 28.6 Å². The van der Waals surface area contributed by atoms with Gasteiger partial charge in [0.1, 0.15) is 5.75 Å². The summed E-state index contributed by atoms with van der Waals surface area (Å²) in [6.45, 7) is 0. The van der Waals surface area contributed by atoms with Crippen molar-refractivity contribution >= 4 is 5.69 Å². The second kappa shape index (κ2) is 2.99. The molecule has 0 fully saturated rings. The topological polar surface area (TPSA) is 89.9 Å². The van der Waals surface area contributed by atoms with Gasteiger partial charge in [0.05, 0.1) is 5.56 Å². The van der Waals surface area contributed by atoms with Gasteiger partial charge in [-0.1, -0.05) is 0 Å². The van der Waals surface area contributed by atoms with Crippen LogP contribution in [0.15, 0.2) is 18.2 Å². The number of phenols is 1. The predicted octanol–water partition coefficient (Wildman–Crippen LogP) is 0.165. The minimum absolute atomic E-state index is 0.108. The molecule has 0 aliphatic heterocycles. The number of hydrogen-bond donors (Lipinski definition) is 2. The first-order valence-electron chi connectivity index (χ1n) is 3.99. The van der Waals surface area contributed by atoms with Crippen LogP contribution in [0.25, 0.3) is 11.4 Å². The van der Waals surface area contributed by atoms with E-state index in [0.29, 0.717) is 17.1 Å². The summed E-state index contributed by atoms with van der Waals surface area (Å²) in [4.78, 5) is 0. The van der Waals surface area contributed by atoms with E-state index in [2.05, 4.69) is 15.5 Å². The molecule has 0 bridgehead atoms. The van der Waals surface area contributed by atoms with Gasteiger partial charge in [-0.2, -0.15) is 0 Å². The van der Waals surface area contributed by atoms with Crippen LogP contribution in [0.1, 0.15) is 0 Å². The number of aryl methyl sites for hydroxylation is 1. The fraction of sp³-hybridized carbons (Fsp3) is 0.125. The van der Waals surface area contributed by atoms with Crippen LogP contribution in [0.5, 0.6) is 5.75 Å². The number of hydrogen-bond acceptors (Lipinski definition) is 5. The van der Waals surface area contributed by atoms with E-state index in [4.69, 9.17) is 5.73 Å². The summed E-state index contributed by atoms with van der Waals surface area (Å²) in [5.74, 6) is 0.590. The molecule has 3 N–H and O–H groups in total. The number of phenolic OH excluding ortho intramolecular Hbond substituents is 1. The number of aromatic hydroxyl groups is 1. The Bertz CT molecular complexity index is 465. The molecular formula is C8H9N5O. The molecule has 2 rings (SSSR count). The van der Waals surface area contributed by atoms with E-state index in [-0.39, 0.29) is 5.75 Å². The van der Waals surface area contributed by atoms with Gasteiger partial charge >= 0.3 is 0 Å². The lowest BCUT2D eigenvalue weighted by Crippen LogP contribution is -1.95. The molecule has 6 heteroatoms. The zero-order valence-electron chi connectivity index (χ0n) is 7.55. The summed E-state index contributed by atoms with van der Waals surface area (Å²) in [6.07, 6.45) is 0. The highest BCUT2D eigenvalue weighted by Crippen LogP contribution is 2.28. The molecule has 1 aromatic carbocycles. The number of nitrogen functional groups attached to an aromatic ring is 1. The van der Waals surface area contributed by atoms with Crippen molar-refractivity contribution in [2.75, 3.05) is 5.73 Å². The average molecular weight is 191 g/mol. The summed E-state index contributed by atoms with van der Waals surface area (Å²) in [5, 5.41) is 20.5. The van der Waals surface area contributed by atoms with Gasteiger partial charge in [-0.15, -0.1) is 5.10 Å². The number of nitrogens with two attached hydrogens (primary N) is 1. The number of anilines is 1. The van der Waals surface area contributed by atoms with Crippen LogP contribution >= 0.6 is 0 Å². The summed E-state index contributed by atoms with van der Waals surface area (Å²) < 4.78 is 1.47. The van der Waals surface area contributed by atoms with Gasteiger partial charge in [0.2, 0.25) is 0 Å². The van der Waals surface area contributed by atoms with E-state index >= 15 is 0 Å². The van der Waals surface area contributed by atoms with Crippen molar-refractivity contribution in [3.8, 4) is 17.1 Å². The van der Waals surface area contributed by atoms with Crippen molar-refractivity contribution in [1.82, 2.24) is 20.2 Å². The third kappa shape index (κ3) is 1.26. The maximum atomic E-state index is 9.57. The van der Waals surface area contributed by atoms with Crippen LogP contribution in [0.4, 0.5) is 5.69 Å². The van der Waals surface area contributed by atoms with E-state index in [1.807, 2.05) is 0 Å². The van der Waals surface area contributed by atoms with Crippen molar-refractivity contribution in [2.24, 2.45) is 7.05 Å². The number of aromatic nitrogens is 4. The van der Waals surface area contributed by atoms with Gasteiger partial charge in [-0.3, -0.25) is 0 Å². The highest BCUT2D eigenvalue weighted by atomic mass is 16.3. The third-order valence-electron chi connectivity index (χ3n) is 1.88. The van der Waals surface area contributed by atoms with Crippen LogP contribution in [0.3, 0.4) is 0 Å². The molecule has 1 aromatic heterocycles. The monoisotopic (exact) mass is 191 g/mol. The highest BCUT2D eigenvalue weighted by Gasteiger charge is 2.10. The van der Waals surface area contributed by atoms with Crippen LogP contribution < -0.4 is 5.73 Å². The smallest absolute Gasteiger partial charge is 0.185 e. The maximum absolute atomic E-state index is 9.57. The summed E-state index contributed by atoms with van der Waals surface area (Å²) >= 11 is 0. The van der Waals surface area contributed by atoms with E-state index in [9.17, 15) is 5.11 Å². The molecule has 0 atom stereocenters. The van der Waals surface area contributed by atoms with Crippen LogP contribution in [-0.4, -0.2) is 25.3 Å². The summed E-state index contributed by atoms with van der Waals surface area (Å²) in [6, 6.07) is 4.75. The molecular weight excluding hydrogens is 182 g/mol. The molecule has 0 amide bonds. The Morgan fingerprint density at radius 1 is 1.43 bits per heavy atom. The molecule has 0 unspecified atom stereocenters. The number of nitrogens with zero attached hydrogens (tertiary/aromatic N) is 4. The summed E-state index contributed by atoms with van der Waals surface area (Å²) in [7, 11) is 1.69. The quantitative estimate of drug-likeness (QED) is 0.495. The zero-order valence-corrected chi connectivity index (χ0v) is 7.55. The van der Waals surface area contributed by atoms with Crippen LogP contribution in [0, 0.1) is 0 Å². The van der Waals surface area contributed by atoms with Crippen molar-refractivity contribution < 1.29 is 5.11 Å². The van der Waals surface area contributed by atoms with Crippen LogP contribution in [-0.2, 0) is 7.05 Å². The maximum Gasteiger partial charge on any atom is 0.185 e. The van der Waals surface area contributed by atoms with Crippen molar-refractivity contribution in [2.45, 2.75) is 0 Å². The fourth-order valence-electron chi connectivity index (χ4n) is 1.19. The minimum Gasteiger partial charge on any atom is -0.507 e. The Kier molecular flexibility index (Phi) is 1.81. The second-order valence-corrected chi connectivity index (χ2v) is 2.90. The fourth-order valence-corrected chi connectivity index (χ4v) is 1.19. The van der Waals surface area contributed by atoms with Gasteiger partial charge < -0.3 is 10.8 Å².